The van der Waals surface area contributed by atoms with Gasteiger partial charge in [0.15, 0.2) is 11.5 Å². The van der Waals surface area contributed by atoms with E-state index in [4.69, 9.17) is 23.3 Å². The lowest BCUT2D eigenvalue weighted by Crippen LogP contribution is -2.05. The summed E-state index contributed by atoms with van der Waals surface area (Å²) < 4.78 is 38.5. The maximum absolute atomic E-state index is 12.4. The number of benzene rings is 2. The van der Waals surface area contributed by atoms with E-state index in [9.17, 15) is 9.36 Å². The van der Waals surface area contributed by atoms with Gasteiger partial charge in [0.25, 0.3) is 0 Å². The van der Waals surface area contributed by atoms with Gasteiger partial charge in [0, 0.05) is 19.8 Å². The average molecular weight is 406 g/mol. The Morgan fingerprint density at radius 3 is 2.32 bits per heavy atom. The van der Waals surface area contributed by atoms with Crippen LogP contribution in [-0.2, 0) is 29.3 Å². The van der Waals surface area contributed by atoms with Crippen LogP contribution in [0.4, 0.5) is 0 Å². The van der Waals surface area contributed by atoms with Gasteiger partial charge in [-0.25, -0.2) is 4.79 Å². The van der Waals surface area contributed by atoms with Crippen molar-refractivity contribution < 1.29 is 32.6 Å². The van der Waals surface area contributed by atoms with Gasteiger partial charge in [-0.1, -0.05) is 30.8 Å². The highest BCUT2D eigenvalue weighted by Gasteiger charge is 2.23. The number of hydrogen-bond donors (Lipinski definition) is 0. The van der Waals surface area contributed by atoms with Crippen molar-refractivity contribution in [1.82, 2.24) is 0 Å². The lowest BCUT2D eigenvalue weighted by Gasteiger charge is -2.17. The van der Waals surface area contributed by atoms with Crippen LogP contribution in [-0.4, -0.2) is 34.4 Å². The molecular weight excluding hydrogens is 383 g/mol. The van der Waals surface area contributed by atoms with Crippen molar-refractivity contribution >= 4 is 19.1 Å². The average Bonchev–Trinajstić information content (AvgIpc) is 2.72. The summed E-state index contributed by atoms with van der Waals surface area (Å²) in [6.07, 6.45) is 0.0881. The van der Waals surface area contributed by atoms with Crippen LogP contribution >= 0.6 is 7.60 Å². The molecule has 0 saturated heterocycles. The molecule has 0 bridgehead atoms. The third kappa shape index (κ3) is 5.01. The number of methoxy groups -OCH3 is 2. The van der Waals surface area contributed by atoms with E-state index in [0.29, 0.717) is 28.4 Å². The topological polar surface area (TPSA) is 80.3 Å². The smallest absolute Gasteiger partial charge is 0.337 e. The molecule has 0 amide bonds. The number of esters is 1. The quantitative estimate of drug-likeness (QED) is 0.340. The molecule has 0 N–H and O–H groups in total. The molecule has 0 fully saturated rings. The summed E-state index contributed by atoms with van der Waals surface area (Å²) in [5.41, 5.74) is 1.28. The molecule has 0 unspecified atom stereocenters. The zero-order valence-electron chi connectivity index (χ0n) is 16.3. The second kappa shape index (κ2) is 9.55. The zero-order chi connectivity index (χ0) is 20.7. The standard InChI is InChI=1S/C20H23O7P/c1-14(20(21)24-3)17-10-7-11-18(23-2)19(17)27-16-9-6-8-15(12-16)13-28(22,25-4)26-5/h6-12H,1,13H2,2-5H3. The lowest BCUT2D eigenvalue weighted by atomic mass is 10.1. The molecule has 0 heterocycles. The number of para-hydroxylation sites is 1. The van der Waals surface area contributed by atoms with E-state index in [-0.39, 0.29) is 11.7 Å². The lowest BCUT2D eigenvalue weighted by molar-refractivity contribution is -0.133. The fourth-order valence-electron chi connectivity index (χ4n) is 2.51. The third-order valence-electron chi connectivity index (χ3n) is 4.01. The highest BCUT2D eigenvalue weighted by atomic mass is 31.2. The minimum absolute atomic E-state index is 0.0881. The van der Waals surface area contributed by atoms with Gasteiger partial charge in [-0.05, 0) is 23.8 Å². The van der Waals surface area contributed by atoms with Crippen molar-refractivity contribution in [3.8, 4) is 17.2 Å². The molecular formula is C20H23O7P. The Balaban J connectivity index is 2.40. The molecule has 0 saturated carbocycles. The Kier molecular flexibility index (Phi) is 7.40. The van der Waals surface area contributed by atoms with Gasteiger partial charge in [-0.15, -0.1) is 0 Å². The maximum atomic E-state index is 12.4. The summed E-state index contributed by atoms with van der Waals surface area (Å²) in [4.78, 5) is 11.9. The van der Waals surface area contributed by atoms with Crippen LogP contribution in [0.5, 0.6) is 17.2 Å². The fraction of sp³-hybridized carbons (Fsp3) is 0.250. The molecule has 28 heavy (non-hydrogen) atoms. The second-order valence-corrected chi connectivity index (χ2v) is 7.96. The molecule has 0 aromatic heterocycles. The molecule has 0 radical (unpaired) electrons. The van der Waals surface area contributed by atoms with Gasteiger partial charge < -0.3 is 23.3 Å². The van der Waals surface area contributed by atoms with E-state index in [1.54, 1.807) is 42.5 Å². The minimum atomic E-state index is -3.22. The van der Waals surface area contributed by atoms with Gasteiger partial charge in [0.05, 0.1) is 26.0 Å². The van der Waals surface area contributed by atoms with Crippen molar-refractivity contribution in [1.29, 1.82) is 0 Å². The molecule has 0 aliphatic carbocycles. The van der Waals surface area contributed by atoms with E-state index >= 15 is 0 Å². The molecule has 0 atom stereocenters. The van der Waals surface area contributed by atoms with E-state index < -0.39 is 13.6 Å². The number of rotatable bonds is 9. The first kappa shape index (κ1) is 21.7. The van der Waals surface area contributed by atoms with E-state index in [1.807, 2.05) is 0 Å². The Morgan fingerprint density at radius 1 is 1.04 bits per heavy atom. The number of carbonyl (C=O) groups excluding carboxylic acids is 1. The van der Waals surface area contributed by atoms with Gasteiger partial charge in [0.2, 0.25) is 0 Å². The van der Waals surface area contributed by atoms with Crippen LogP contribution in [0.25, 0.3) is 5.57 Å². The molecule has 7 nitrogen and oxygen atoms in total. The molecule has 2 rings (SSSR count). The summed E-state index contributed by atoms with van der Waals surface area (Å²) in [5, 5.41) is 0. The predicted octanol–water partition coefficient (Wildman–Crippen LogP) is 4.66. The van der Waals surface area contributed by atoms with Crippen LogP contribution in [0.3, 0.4) is 0 Å². The van der Waals surface area contributed by atoms with Crippen LogP contribution in [0.1, 0.15) is 11.1 Å². The summed E-state index contributed by atoms with van der Waals surface area (Å²) in [6, 6.07) is 12.1. The Labute approximate surface area is 164 Å². The Morgan fingerprint density at radius 2 is 1.71 bits per heavy atom. The molecule has 0 aliphatic rings. The summed E-state index contributed by atoms with van der Waals surface area (Å²) in [7, 11) is 2.23. The predicted molar refractivity (Wildman–Crippen MR) is 106 cm³/mol. The number of hydrogen-bond acceptors (Lipinski definition) is 7. The fourth-order valence-corrected chi connectivity index (χ4v) is 3.56. The monoisotopic (exact) mass is 406 g/mol. The summed E-state index contributed by atoms with van der Waals surface area (Å²) in [5.74, 6) is 0.624. The first-order valence-corrected chi connectivity index (χ1v) is 10.0. The number of carbonyl (C=O) groups is 1. The van der Waals surface area contributed by atoms with Gasteiger partial charge in [-0.2, -0.15) is 0 Å². The van der Waals surface area contributed by atoms with Crippen LogP contribution in [0.15, 0.2) is 49.0 Å². The zero-order valence-corrected chi connectivity index (χ0v) is 17.2. The summed E-state index contributed by atoms with van der Waals surface area (Å²) in [6.45, 7) is 3.78. The highest BCUT2D eigenvalue weighted by molar-refractivity contribution is 7.52. The van der Waals surface area contributed by atoms with Crippen molar-refractivity contribution in [3.05, 3.63) is 60.2 Å². The molecule has 8 heteroatoms. The molecule has 0 aliphatic heterocycles. The normalized spacial score (nSPS) is 11.0. The van der Waals surface area contributed by atoms with Crippen molar-refractivity contribution in [2.75, 3.05) is 28.4 Å². The Bertz CT molecular complexity index is 899. The van der Waals surface area contributed by atoms with Crippen molar-refractivity contribution in [2.45, 2.75) is 6.16 Å². The van der Waals surface area contributed by atoms with Crippen molar-refractivity contribution in [3.63, 3.8) is 0 Å². The SMILES string of the molecule is C=C(C(=O)OC)c1cccc(OC)c1Oc1cccc(CP(=O)(OC)OC)c1. The van der Waals surface area contributed by atoms with E-state index in [2.05, 4.69) is 6.58 Å². The molecule has 0 spiro atoms. The van der Waals surface area contributed by atoms with Crippen LogP contribution < -0.4 is 9.47 Å². The maximum Gasteiger partial charge on any atom is 0.337 e. The van der Waals surface area contributed by atoms with Gasteiger partial charge >= 0.3 is 13.6 Å². The minimum Gasteiger partial charge on any atom is -0.493 e. The third-order valence-corrected chi connectivity index (χ3v) is 5.87. The van der Waals surface area contributed by atoms with Crippen LogP contribution in [0.2, 0.25) is 0 Å². The summed E-state index contributed by atoms with van der Waals surface area (Å²) >= 11 is 0. The van der Waals surface area contributed by atoms with Crippen molar-refractivity contribution in [2.24, 2.45) is 0 Å². The molecule has 2 aromatic carbocycles. The molecule has 2 aromatic rings. The van der Waals surface area contributed by atoms with Crippen LogP contribution in [0, 0.1) is 0 Å². The number of ether oxygens (including phenoxy) is 3. The first-order valence-electron chi connectivity index (χ1n) is 8.29. The van der Waals surface area contributed by atoms with Gasteiger partial charge in [0.1, 0.15) is 5.75 Å². The highest BCUT2D eigenvalue weighted by Crippen LogP contribution is 2.50. The van der Waals surface area contributed by atoms with E-state index in [0.717, 1.165) is 0 Å². The first-order chi connectivity index (χ1) is 13.4. The largest absolute Gasteiger partial charge is 0.493 e. The Hall–Kier alpha value is -2.60. The van der Waals surface area contributed by atoms with E-state index in [1.165, 1.54) is 28.4 Å². The molecule has 150 valence electrons. The second-order valence-electron chi connectivity index (χ2n) is 5.69. The van der Waals surface area contributed by atoms with Gasteiger partial charge in [-0.3, -0.25) is 4.57 Å².